The molecule has 0 N–H and O–H groups in total. The molecular formula is C16H30N2O3. The standard InChI is InChI=1S/C16H30N2O3/c1-16(2,3)11-14(19)18-7-5-13(6-8-18)17(4)12-15-20-9-10-21-15/h13,15H,5-12H2,1-4H3. The second kappa shape index (κ2) is 7.07. The van der Waals surface area contributed by atoms with Gasteiger partial charge in [-0.1, -0.05) is 20.8 Å². The summed E-state index contributed by atoms with van der Waals surface area (Å²) in [6.45, 7) is 10.3. The number of ether oxygens (including phenoxy) is 2. The van der Waals surface area contributed by atoms with Crippen molar-refractivity contribution in [2.24, 2.45) is 5.41 Å². The van der Waals surface area contributed by atoms with E-state index >= 15 is 0 Å². The van der Waals surface area contributed by atoms with Crippen molar-refractivity contribution in [3.05, 3.63) is 0 Å². The molecule has 2 rings (SSSR count). The number of likely N-dealkylation sites (N-methyl/N-ethyl adjacent to an activating group) is 1. The lowest BCUT2D eigenvalue weighted by molar-refractivity contribution is -0.135. The lowest BCUT2D eigenvalue weighted by Crippen LogP contribution is -2.47. The monoisotopic (exact) mass is 298 g/mol. The summed E-state index contributed by atoms with van der Waals surface area (Å²) in [4.78, 5) is 16.6. The minimum absolute atomic E-state index is 0.0713. The van der Waals surface area contributed by atoms with Crippen LogP contribution in [0.4, 0.5) is 0 Å². The molecule has 0 aromatic rings. The van der Waals surface area contributed by atoms with Gasteiger partial charge < -0.3 is 14.4 Å². The fourth-order valence-electron chi connectivity index (χ4n) is 3.02. The van der Waals surface area contributed by atoms with Gasteiger partial charge in [0.25, 0.3) is 0 Å². The minimum atomic E-state index is -0.0736. The molecule has 0 spiro atoms. The van der Waals surface area contributed by atoms with Crippen molar-refractivity contribution < 1.29 is 14.3 Å². The number of hydrogen-bond acceptors (Lipinski definition) is 4. The Morgan fingerprint density at radius 1 is 1.19 bits per heavy atom. The first-order valence-corrected chi connectivity index (χ1v) is 8.06. The van der Waals surface area contributed by atoms with E-state index in [1.54, 1.807) is 0 Å². The minimum Gasteiger partial charge on any atom is -0.349 e. The molecule has 0 bridgehead atoms. The van der Waals surface area contributed by atoms with Crippen LogP contribution in [-0.2, 0) is 14.3 Å². The van der Waals surface area contributed by atoms with Gasteiger partial charge in [-0.15, -0.1) is 0 Å². The van der Waals surface area contributed by atoms with Gasteiger partial charge in [0.15, 0.2) is 6.29 Å². The molecule has 2 aliphatic heterocycles. The lowest BCUT2D eigenvalue weighted by atomic mass is 9.91. The zero-order valence-corrected chi connectivity index (χ0v) is 13.9. The number of carbonyl (C=O) groups is 1. The smallest absolute Gasteiger partial charge is 0.223 e. The van der Waals surface area contributed by atoms with Crippen LogP contribution >= 0.6 is 0 Å². The topological polar surface area (TPSA) is 42.0 Å². The van der Waals surface area contributed by atoms with Crippen LogP contribution in [0.5, 0.6) is 0 Å². The predicted molar refractivity (Wildman–Crippen MR) is 82.0 cm³/mol. The summed E-state index contributed by atoms with van der Waals surface area (Å²) in [7, 11) is 2.13. The Balaban J connectivity index is 1.73. The number of likely N-dealkylation sites (tertiary alicyclic amines) is 1. The predicted octanol–water partition coefficient (Wildman–Crippen LogP) is 1.72. The first-order valence-electron chi connectivity index (χ1n) is 8.06. The summed E-state index contributed by atoms with van der Waals surface area (Å²) in [6.07, 6.45) is 2.64. The van der Waals surface area contributed by atoms with Gasteiger partial charge in [0.2, 0.25) is 5.91 Å². The molecule has 122 valence electrons. The molecule has 0 aromatic carbocycles. The Bertz CT molecular complexity index is 340. The van der Waals surface area contributed by atoms with Crippen LogP contribution in [0, 0.1) is 5.41 Å². The fraction of sp³-hybridized carbons (Fsp3) is 0.938. The van der Waals surface area contributed by atoms with Crippen molar-refractivity contribution in [1.29, 1.82) is 0 Å². The van der Waals surface area contributed by atoms with Crippen molar-refractivity contribution in [1.82, 2.24) is 9.80 Å². The normalized spacial score (nSPS) is 22.2. The number of hydrogen-bond donors (Lipinski definition) is 0. The molecule has 5 heteroatoms. The average Bonchev–Trinajstić information content (AvgIpc) is 2.90. The Kier molecular flexibility index (Phi) is 5.63. The molecular weight excluding hydrogens is 268 g/mol. The van der Waals surface area contributed by atoms with Gasteiger partial charge in [0.1, 0.15) is 0 Å². The number of rotatable bonds is 4. The molecule has 0 unspecified atom stereocenters. The summed E-state index contributed by atoms with van der Waals surface area (Å²) in [5, 5.41) is 0. The van der Waals surface area contributed by atoms with Gasteiger partial charge in [-0.3, -0.25) is 9.69 Å². The molecule has 0 aromatic heterocycles. The summed E-state index contributed by atoms with van der Waals surface area (Å²) in [5.74, 6) is 0.297. The molecule has 2 saturated heterocycles. The van der Waals surface area contributed by atoms with E-state index in [1.165, 1.54) is 0 Å². The Labute approximate surface area is 128 Å². The fourth-order valence-corrected chi connectivity index (χ4v) is 3.02. The maximum Gasteiger partial charge on any atom is 0.223 e. The van der Waals surface area contributed by atoms with E-state index in [9.17, 15) is 4.79 Å². The van der Waals surface area contributed by atoms with E-state index in [2.05, 4.69) is 32.7 Å². The van der Waals surface area contributed by atoms with Crippen LogP contribution in [0.1, 0.15) is 40.0 Å². The van der Waals surface area contributed by atoms with E-state index < -0.39 is 0 Å². The summed E-state index contributed by atoms with van der Waals surface area (Å²) in [6, 6.07) is 0.525. The first-order chi connectivity index (χ1) is 9.85. The van der Waals surface area contributed by atoms with E-state index in [0.717, 1.165) is 32.5 Å². The largest absolute Gasteiger partial charge is 0.349 e. The molecule has 0 aliphatic carbocycles. The van der Waals surface area contributed by atoms with E-state index in [1.807, 2.05) is 4.90 Å². The highest BCUT2D eigenvalue weighted by Crippen LogP contribution is 2.23. The van der Waals surface area contributed by atoms with Crippen molar-refractivity contribution in [3.8, 4) is 0 Å². The van der Waals surface area contributed by atoms with Crippen molar-refractivity contribution in [2.45, 2.75) is 52.4 Å². The third-order valence-electron chi connectivity index (χ3n) is 4.25. The number of nitrogens with zero attached hydrogens (tertiary/aromatic N) is 2. The maximum atomic E-state index is 12.2. The zero-order valence-electron chi connectivity index (χ0n) is 13.9. The van der Waals surface area contributed by atoms with E-state index in [0.29, 0.717) is 31.6 Å². The molecule has 2 fully saturated rings. The molecule has 2 heterocycles. The number of amides is 1. The second-order valence-electron chi connectivity index (χ2n) is 7.46. The third kappa shape index (κ3) is 5.24. The average molecular weight is 298 g/mol. The summed E-state index contributed by atoms with van der Waals surface area (Å²) < 4.78 is 11.0. The van der Waals surface area contributed by atoms with Gasteiger partial charge in [-0.25, -0.2) is 0 Å². The van der Waals surface area contributed by atoms with Gasteiger partial charge in [-0.2, -0.15) is 0 Å². The number of piperidine rings is 1. The van der Waals surface area contributed by atoms with E-state index in [-0.39, 0.29) is 11.7 Å². The molecule has 0 atom stereocenters. The lowest BCUT2D eigenvalue weighted by Gasteiger charge is -2.38. The van der Waals surface area contributed by atoms with Crippen LogP contribution in [0.25, 0.3) is 0 Å². The highest BCUT2D eigenvalue weighted by molar-refractivity contribution is 5.76. The van der Waals surface area contributed by atoms with Gasteiger partial charge in [0, 0.05) is 32.1 Å². The van der Waals surface area contributed by atoms with Crippen molar-refractivity contribution >= 4 is 5.91 Å². The van der Waals surface area contributed by atoms with E-state index in [4.69, 9.17) is 9.47 Å². The van der Waals surface area contributed by atoms with Crippen LogP contribution in [0.15, 0.2) is 0 Å². The van der Waals surface area contributed by atoms with Gasteiger partial charge >= 0.3 is 0 Å². The van der Waals surface area contributed by atoms with Crippen LogP contribution < -0.4 is 0 Å². The highest BCUT2D eigenvalue weighted by atomic mass is 16.7. The Morgan fingerprint density at radius 3 is 2.29 bits per heavy atom. The zero-order chi connectivity index (χ0) is 15.5. The maximum absolute atomic E-state index is 12.2. The summed E-state index contributed by atoms with van der Waals surface area (Å²) in [5.41, 5.74) is 0.0713. The molecule has 0 radical (unpaired) electrons. The number of carbonyl (C=O) groups excluding carboxylic acids is 1. The van der Waals surface area contributed by atoms with Crippen LogP contribution in [-0.4, -0.2) is 67.9 Å². The first kappa shape index (κ1) is 16.7. The van der Waals surface area contributed by atoms with Crippen LogP contribution in [0.2, 0.25) is 0 Å². The van der Waals surface area contributed by atoms with Crippen LogP contribution in [0.3, 0.4) is 0 Å². The van der Waals surface area contributed by atoms with Gasteiger partial charge in [0.05, 0.1) is 13.2 Å². The Morgan fingerprint density at radius 2 is 1.76 bits per heavy atom. The van der Waals surface area contributed by atoms with Crippen molar-refractivity contribution in [2.75, 3.05) is 39.9 Å². The molecule has 0 saturated carbocycles. The molecule has 21 heavy (non-hydrogen) atoms. The summed E-state index contributed by atoms with van der Waals surface area (Å²) >= 11 is 0. The molecule has 5 nitrogen and oxygen atoms in total. The SMILES string of the molecule is CN(CC1OCCO1)C1CCN(C(=O)CC(C)(C)C)CC1. The van der Waals surface area contributed by atoms with Crippen molar-refractivity contribution in [3.63, 3.8) is 0 Å². The van der Waals surface area contributed by atoms with Gasteiger partial charge in [-0.05, 0) is 25.3 Å². The third-order valence-corrected chi connectivity index (χ3v) is 4.25. The second-order valence-corrected chi connectivity index (χ2v) is 7.46. The highest BCUT2D eigenvalue weighted by Gasteiger charge is 2.29. The molecule has 2 aliphatic rings. The quantitative estimate of drug-likeness (QED) is 0.792. The Hall–Kier alpha value is -0.650. The molecule has 1 amide bonds.